The molecule has 0 aliphatic rings. The molecule has 1 aromatic heterocycles. The molecule has 0 saturated heterocycles. The summed E-state index contributed by atoms with van der Waals surface area (Å²) in [5, 5.41) is 16.4. The van der Waals surface area contributed by atoms with Gasteiger partial charge in [-0.1, -0.05) is 32.9 Å². The van der Waals surface area contributed by atoms with Gasteiger partial charge in [0.1, 0.15) is 0 Å². The lowest BCUT2D eigenvalue weighted by Crippen LogP contribution is -2.28. The number of aromatic carboxylic acids is 1. The number of carboxylic acid groups (broad SMARTS) is 2. The number of rotatable bonds is 10. The molecule has 194 valence electrons. The normalized spacial score (nSPS) is 11.3. The van der Waals surface area contributed by atoms with Gasteiger partial charge in [-0.25, -0.2) is 23.0 Å². The number of carbonyl (C=O) groups is 2. The standard InChI is InChI=1S/C20H27N3O4S.C2HF3O2/c1-4-11-23(12-5-2)19-18(13-16(14-21-19)20(24)25)22-28(26,27)17-9-7-15(6-3)8-10-17;3-2(4,5)1(6)7/h7-10,13-14,22H,4-6,11-12H2,1-3H3,(H,24,25);(H,6,7). The Labute approximate surface area is 201 Å². The van der Waals surface area contributed by atoms with E-state index in [1.165, 1.54) is 12.3 Å². The highest BCUT2D eigenvalue weighted by atomic mass is 32.2. The van der Waals surface area contributed by atoms with Gasteiger partial charge in [0.25, 0.3) is 10.0 Å². The summed E-state index contributed by atoms with van der Waals surface area (Å²) < 4.78 is 60.0. The van der Waals surface area contributed by atoms with Gasteiger partial charge < -0.3 is 15.1 Å². The summed E-state index contributed by atoms with van der Waals surface area (Å²) in [6.07, 6.45) is -1.31. The molecule has 35 heavy (non-hydrogen) atoms. The van der Waals surface area contributed by atoms with Crippen LogP contribution in [0.2, 0.25) is 0 Å². The molecule has 0 amide bonds. The van der Waals surface area contributed by atoms with Crippen molar-refractivity contribution in [1.29, 1.82) is 0 Å². The molecule has 0 bridgehead atoms. The van der Waals surface area contributed by atoms with Crippen LogP contribution < -0.4 is 9.62 Å². The highest BCUT2D eigenvalue weighted by molar-refractivity contribution is 7.92. The molecular formula is C22H28F3N3O6S. The van der Waals surface area contributed by atoms with Gasteiger partial charge >= 0.3 is 18.1 Å². The average Bonchev–Trinajstić information content (AvgIpc) is 2.78. The first kappa shape index (κ1) is 29.7. The molecule has 1 heterocycles. The van der Waals surface area contributed by atoms with E-state index < -0.39 is 28.1 Å². The van der Waals surface area contributed by atoms with Crippen LogP contribution in [0.5, 0.6) is 0 Å². The summed E-state index contributed by atoms with van der Waals surface area (Å²) in [5.74, 6) is -3.49. The number of halogens is 3. The Hall–Kier alpha value is -3.35. The molecule has 0 fully saturated rings. The Morgan fingerprint density at radius 3 is 1.94 bits per heavy atom. The lowest BCUT2D eigenvalue weighted by Gasteiger charge is -2.25. The predicted molar refractivity (Wildman–Crippen MR) is 124 cm³/mol. The fourth-order valence-corrected chi connectivity index (χ4v) is 3.93. The highest BCUT2D eigenvalue weighted by Gasteiger charge is 2.38. The van der Waals surface area contributed by atoms with Crippen molar-refractivity contribution in [3.05, 3.63) is 47.7 Å². The van der Waals surface area contributed by atoms with Gasteiger partial charge in [-0.05, 0) is 43.0 Å². The molecule has 0 saturated carbocycles. The summed E-state index contributed by atoms with van der Waals surface area (Å²) in [6.45, 7) is 7.41. The Kier molecular flexibility index (Phi) is 11.0. The van der Waals surface area contributed by atoms with Crippen LogP contribution in [-0.4, -0.2) is 54.8 Å². The van der Waals surface area contributed by atoms with E-state index in [1.807, 2.05) is 25.7 Å². The molecule has 1 aromatic carbocycles. The molecule has 0 unspecified atom stereocenters. The number of hydrogen-bond acceptors (Lipinski definition) is 6. The summed E-state index contributed by atoms with van der Waals surface area (Å²) in [4.78, 5) is 26.6. The third-order valence-corrected chi connectivity index (χ3v) is 5.91. The number of carboxylic acids is 2. The smallest absolute Gasteiger partial charge is 0.478 e. The van der Waals surface area contributed by atoms with Crippen LogP contribution in [0.1, 0.15) is 49.5 Å². The zero-order chi connectivity index (χ0) is 26.8. The Morgan fingerprint density at radius 1 is 1.03 bits per heavy atom. The third kappa shape index (κ3) is 9.08. The summed E-state index contributed by atoms with van der Waals surface area (Å²) in [7, 11) is -3.88. The minimum atomic E-state index is -5.08. The van der Waals surface area contributed by atoms with E-state index in [2.05, 4.69) is 9.71 Å². The molecule has 9 nitrogen and oxygen atoms in total. The molecule has 2 rings (SSSR count). The van der Waals surface area contributed by atoms with Gasteiger partial charge in [0.2, 0.25) is 0 Å². The van der Waals surface area contributed by atoms with Crippen LogP contribution in [-0.2, 0) is 21.2 Å². The molecule has 0 aliphatic heterocycles. The second kappa shape index (κ2) is 12.9. The molecule has 13 heteroatoms. The number of sulfonamides is 1. The van der Waals surface area contributed by atoms with Crippen LogP contribution in [0.15, 0.2) is 41.4 Å². The van der Waals surface area contributed by atoms with Crippen LogP contribution in [0.4, 0.5) is 24.7 Å². The van der Waals surface area contributed by atoms with Gasteiger partial charge in [0.05, 0.1) is 16.1 Å². The maximum absolute atomic E-state index is 12.9. The first-order chi connectivity index (χ1) is 16.3. The van der Waals surface area contributed by atoms with E-state index in [4.69, 9.17) is 9.90 Å². The van der Waals surface area contributed by atoms with Gasteiger partial charge in [0, 0.05) is 19.3 Å². The molecular weight excluding hydrogens is 491 g/mol. The second-order valence-electron chi connectivity index (χ2n) is 7.29. The fraction of sp³-hybridized carbons (Fsp3) is 0.409. The number of hydrogen-bond donors (Lipinski definition) is 3. The van der Waals surface area contributed by atoms with E-state index in [1.54, 1.807) is 24.3 Å². The highest BCUT2D eigenvalue weighted by Crippen LogP contribution is 2.28. The number of benzene rings is 1. The van der Waals surface area contributed by atoms with Gasteiger partial charge in [-0.2, -0.15) is 13.2 Å². The van der Waals surface area contributed by atoms with E-state index in [-0.39, 0.29) is 16.1 Å². The quantitative estimate of drug-likeness (QED) is 0.420. The van der Waals surface area contributed by atoms with E-state index in [0.717, 1.165) is 24.8 Å². The first-order valence-electron chi connectivity index (χ1n) is 10.7. The van der Waals surface area contributed by atoms with E-state index in [9.17, 15) is 31.5 Å². The first-order valence-corrected chi connectivity index (χ1v) is 12.1. The molecule has 2 aromatic rings. The Bertz CT molecular complexity index is 1100. The van der Waals surface area contributed by atoms with E-state index >= 15 is 0 Å². The SMILES string of the molecule is CCCN(CCC)c1ncc(C(=O)O)cc1NS(=O)(=O)c1ccc(CC)cc1.O=C(O)C(F)(F)F. The molecule has 0 spiro atoms. The van der Waals surface area contributed by atoms with Crippen molar-refractivity contribution < 1.29 is 41.4 Å². The summed E-state index contributed by atoms with van der Waals surface area (Å²) in [6, 6.07) is 7.95. The number of alkyl halides is 3. The van der Waals surface area contributed by atoms with Crippen molar-refractivity contribution >= 4 is 33.5 Å². The lowest BCUT2D eigenvalue weighted by molar-refractivity contribution is -0.192. The minimum Gasteiger partial charge on any atom is -0.478 e. The summed E-state index contributed by atoms with van der Waals surface area (Å²) in [5.41, 5.74) is 1.13. The fourth-order valence-electron chi connectivity index (χ4n) is 2.87. The van der Waals surface area contributed by atoms with Crippen molar-refractivity contribution in [3.8, 4) is 0 Å². The van der Waals surface area contributed by atoms with Crippen molar-refractivity contribution in [1.82, 2.24) is 4.98 Å². The zero-order valence-electron chi connectivity index (χ0n) is 19.5. The minimum absolute atomic E-state index is 0.0734. The number of aromatic nitrogens is 1. The molecule has 0 aliphatic carbocycles. The average molecular weight is 520 g/mol. The van der Waals surface area contributed by atoms with Crippen LogP contribution in [0.3, 0.4) is 0 Å². The number of aryl methyl sites for hydroxylation is 1. The number of nitrogens with one attached hydrogen (secondary N) is 1. The lowest BCUT2D eigenvalue weighted by atomic mass is 10.2. The number of pyridine rings is 1. The van der Waals surface area contributed by atoms with Gasteiger partial charge in [-0.3, -0.25) is 4.72 Å². The van der Waals surface area contributed by atoms with Crippen molar-refractivity contribution in [3.63, 3.8) is 0 Å². The van der Waals surface area contributed by atoms with Crippen LogP contribution >= 0.6 is 0 Å². The van der Waals surface area contributed by atoms with E-state index in [0.29, 0.717) is 18.9 Å². The summed E-state index contributed by atoms with van der Waals surface area (Å²) >= 11 is 0. The maximum atomic E-state index is 12.9. The monoisotopic (exact) mass is 519 g/mol. The van der Waals surface area contributed by atoms with Gasteiger partial charge in [-0.15, -0.1) is 0 Å². The zero-order valence-corrected chi connectivity index (χ0v) is 20.3. The van der Waals surface area contributed by atoms with Crippen molar-refractivity contribution in [2.45, 2.75) is 51.1 Å². The molecule has 0 atom stereocenters. The van der Waals surface area contributed by atoms with Crippen molar-refractivity contribution in [2.75, 3.05) is 22.7 Å². The number of aliphatic carboxylic acids is 1. The third-order valence-electron chi connectivity index (χ3n) is 4.53. The molecule has 0 radical (unpaired) electrons. The number of anilines is 2. The topological polar surface area (TPSA) is 137 Å². The second-order valence-corrected chi connectivity index (χ2v) is 8.98. The van der Waals surface area contributed by atoms with Crippen molar-refractivity contribution in [2.24, 2.45) is 0 Å². The Balaban J connectivity index is 0.000000762. The van der Waals surface area contributed by atoms with Crippen LogP contribution in [0, 0.1) is 0 Å². The largest absolute Gasteiger partial charge is 0.490 e. The Morgan fingerprint density at radius 2 is 1.54 bits per heavy atom. The van der Waals surface area contributed by atoms with Crippen LogP contribution in [0.25, 0.3) is 0 Å². The predicted octanol–water partition coefficient (Wildman–Crippen LogP) is 4.40. The number of nitrogens with zero attached hydrogens (tertiary/aromatic N) is 2. The maximum Gasteiger partial charge on any atom is 0.490 e. The van der Waals surface area contributed by atoms with Gasteiger partial charge in [0.15, 0.2) is 5.82 Å². The molecule has 3 N–H and O–H groups in total.